The molecule has 0 aliphatic heterocycles. The molecule has 5 heteroatoms. The number of methoxy groups -OCH3 is 1. The van der Waals surface area contributed by atoms with Crippen molar-refractivity contribution >= 4 is 11.8 Å². The summed E-state index contributed by atoms with van der Waals surface area (Å²) in [7, 11) is 1.64. The maximum Gasteiger partial charge on any atom is 0.220 e. The number of unbranched alkanes of at least 4 members (excludes halogenated alkanes) is 2. The molecule has 0 saturated carbocycles. The molecule has 0 fully saturated rings. The summed E-state index contributed by atoms with van der Waals surface area (Å²) >= 11 is 0. The van der Waals surface area contributed by atoms with Crippen LogP contribution in [0.4, 0.5) is 0 Å². The molecule has 5 nitrogen and oxygen atoms in total. The number of hydrogen-bond donors (Lipinski definition) is 2. The number of ether oxygens (including phenoxy) is 1. The summed E-state index contributed by atoms with van der Waals surface area (Å²) in [4.78, 5) is 23.0. The minimum atomic E-state index is -0.00740. The fourth-order valence-corrected chi connectivity index (χ4v) is 2.54. The molecular weight excluding hydrogens is 304 g/mol. The Morgan fingerprint density at radius 1 is 1.08 bits per heavy atom. The third-order valence-corrected chi connectivity index (χ3v) is 3.91. The van der Waals surface area contributed by atoms with Gasteiger partial charge in [0.2, 0.25) is 11.8 Å². The van der Waals surface area contributed by atoms with E-state index in [-0.39, 0.29) is 17.9 Å². The number of nitrogens with one attached hydrogen (secondary N) is 2. The summed E-state index contributed by atoms with van der Waals surface area (Å²) in [6, 6.07) is 7.83. The molecule has 0 heterocycles. The summed E-state index contributed by atoms with van der Waals surface area (Å²) in [5.41, 5.74) is 1.09. The van der Waals surface area contributed by atoms with Crippen LogP contribution in [0.3, 0.4) is 0 Å². The van der Waals surface area contributed by atoms with Gasteiger partial charge in [-0.1, -0.05) is 32.4 Å². The predicted octanol–water partition coefficient (Wildman–Crippen LogP) is 3.21. The van der Waals surface area contributed by atoms with Gasteiger partial charge in [0.15, 0.2) is 0 Å². The lowest BCUT2D eigenvalue weighted by molar-refractivity contribution is -0.122. The highest BCUT2D eigenvalue weighted by molar-refractivity contribution is 5.76. The van der Waals surface area contributed by atoms with Gasteiger partial charge in [-0.15, -0.1) is 0 Å². The lowest BCUT2D eigenvalue weighted by Crippen LogP contribution is -2.31. The van der Waals surface area contributed by atoms with Crippen LogP contribution in [0.2, 0.25) is 0 Å². The average Bonchev–Trinajstić information content (AvgIpc) is 2.55. The smallest absolute Gasteiger partial charge is 0.220 e. The van der Waals surface area contributed by atoms with Gasteiger partial charge in [0.1, 0.15) is 5.75 Å². The van der Waals surface area contributed by atoms with Crippen LogP contribution in [0.15, 0.2) is 24.3 Å². The molecule has 0 aromatic heterocycles. The molecule has 1 rings (SSSR count). The van der Waals surface area contributed by atoms with Crippen LogP contribution in [0.25, 0.3) is 0 Å². The highest BCUT2D eigenvalue weighted by Gasteiger charge is 2.18. The zero-order valence-corrected chi connectivity index (χ0v) is 15.2. The van der Waals surface area contributed by atoms with Gasteiger partial charge in [0.05, 0.1) is 13.2 Å². The van der Waals surface area contributed by atoms with E-state index >= 15 is 0 Å². The van der Waals surface area contributed by atoms with Gasteiger partial charge < -0.3 is 15.4 Å². The van der Waals surface area contributed by atoms with Gasteiger partial charge >= 0.3 is 0 Å². The summed E-state index contributed by atoms with van der Waals surface area (Å²) in [5.74, 6) is 1.19. The normalized spacial score (nSPS) is 11.9. The van der Waals surface area contributed by atoms with Crippen LogP contribution in [0.5, 0.6) is 5.75 Å². The summed E-state index contributed by atoms with van der Waals surface area (Å²) in [5, 5.41) is 5.89. The SMILES string of the molecule is COc1ccc(C(NC(=O)CCCCCNC(C)=O)C(C)C)cc1. The second-order valence-electron chi connectivity index (χ2n) is 6.36. The molecule has 0 aliphatic rings. The maximum absolute atomic E-state index is 12.2. The molecule has 1 aromatic rings. The topological polar surface area (TPSA) is 67.4 Å². The zero-order valence-electron chi connectivity index (χ0n) is 15.2. The van der Waals surface area contributed by atoms with E-state index in [1.807, 2.05) is 24.3 Å². The van der Waals surface area contributed by atoms with E-state index in [0.29, 0.717) is 18.9 Å². The van der Waals surface area contributed by atoms with Gasteiger partial charge in [-0.3, -0.25) is 9.59 Å². The highest BCUT2D eigenvalue weighted by Crippen LogP contribution is 2.24. The molecule has 0 spiro atoms. The number of carbonyl (C=O) groups is 2. The maximum atomic E-state index is 12.2. The van der Waals surface area contributed by atoms with Gasteiger partial charge in [0.25, 0.3) is 0 Å². The lowest BCUT2D eigenvalue weighted by atomic mass is 9.95. The molecule has 0 aliphatic carbocycles. The first-order chi connectivity index (χ1) is 11.4. The van der Waals surface area contributed by atoms with E-state index in [9.17, 15) is 9.59 Å². The van der Waals surface area contributed by atoms with Crippen LogP contribution < -0.4 is 15.4 Å². The third kappa shape index (κ3) is 7.49. The molecular formula is C19H30N2O3. The Balaban J connectivity index is 2.41. The number of amides is 2. The quantitative estimate of drug-likeness (QED) is 0.646. The van der Waals surface area contributed by atoms with Gasteiger partial charge in [-0.2, -0.15) is 0 Å². The standard InChI is InChI=1S/C19H30N2O3/c1-14(2)19(16-9-11-17(24-4)12-10-16)21-18(23)8-6-5-7-13-20-15(3)22/h9-12,14,19H,5-8,13H2,1-4H3,(H,20,22)(H,21,23). The van der Waals surface area contributed by atoms with Crippen LogP contribution >= 0.6 is 0 Å². The molecule has 2 N–H and O–H groups in total. The van der Waals surface area contributed by atoms with Crippen LogP contribution in [0.1, 0.15) is 58.1 Å². The third-order valence-electron chi connectivity index (χ3n) is 3.91. The largest absolute Gasteiger partial charge is 0.497 e. The Kier molecular flexibility index (Phi) is 8.90. The molecule has 1 unspecified atom stereocenters. The summed E-state index contributed by atoms with van der Waals surface area (Å²) < 4.78 is 5.18. The second-order valence-corrected chi connectivity index (χ2v) is 6.36. The van der Waals surface area contributed by atoms with Crippen molar-refractivity contribution in [3.05, 3.63) is 29.8 Å². The van der Waals surface area contributed by atoms with Crippen LogP contribution in [0, 0.1) is 5.92 Å². The Labute approximate surface area is 145 Å². The first-order valence-corrected chi connectivity index (χ1v) is 8.61. The molecule has 134 valence electrons. The van der Waals surface area contributed by atoms with Gasteiger partial charge in [0, 0.05) is 19.9 Å². The number of hydrogen-bond acceptors (Lipinski definition) is 3. The Hall–Kier alpha value is -2.04. The summed E-state index contributed by atoms with van der Waals surface area (Å²) in [6.07, 6.45) is 3.18. The zero-order chi connectivity index (χ0) is 17.9. The Morgan fingerprint density at radius 3 is 2.29 bits per heavy atom. The van der Waals surface area contributed by atoms with Crippen molar-refractivity contribution in [2.75, 3.05) is 13.7 Å². The van der Waals surface area contributed by atoms with Crippen molar-refractivity contribution in [3.8, 4) is 5.75 Å². The van der Waals surface area contributed by atoms with Gasteiger partial charge in [-0.25, -0.2) is 0 Å². The summed E-state index contributed by atoms with van der Waals surface area (Å²) in [6.45, 7) is 6.39. The second kappa shape index (κ2) is 10.7. The van der Waals surface area contributed by atoms with Crippen LogP contribution in [-0.4, -0.2) is 25.5 Å². The average molecular weight is 334 g/mol. The highest BCUT2D eigenvalue weighted by atomic mass is 16.5. The molecule has 0 radical (unpaired) electrons. The van der Waals surface area contributed by atoms with Crippen LogP contribution in [-0.2, 0) is 9.59 Å². The van der Waals surface area contributed by atoms with Gasteiger partial charge in [-0.05, 0) is 36.5 Å². The van der Waals surface area contributed by atoms with Crippen molar-refractivity contribution in [1.82, 2.24) is 10.6 Å². The molecule has 1 atom stereocenters. The van der Waals surface area contributed by atoms with E-state index in [4.69, 9.17) is 4.74 Å². The molecule has 2 amide bonds. The van der Waals surface area contributed by atoms with Crippen molar-refractivity contribution in [2.45, 2.75) is 52.5 Å². The first-order valence-electron chi connectivity index (χ1n) is 8.61. The van der Waals surface area contributed by atoms with E-state index in [0.717, 1.165) is 30.6 Å². The minimum absolute atomic E-state index is 0.00258. The minimum Gasteiger partial charge on any atom is -0.497 e. The Morgan fingerprint density at radius 2 is 1.75 bits per heavy atom. The van der Waals surface area contributed by atoms with E-state index in [1.54, 1.807) is 7.11 Å². The number of rotatable bonds is 10. The number of benzene rings is 1. The van der Waals surface area contributed by atoms with E-state index in [1.165, 1.54) is 6.92 Å². The van der Waals surface area contributed by atoms with Crippen molar-refractivity contribution in [1.29, 1.82) is 0 Å². The van der Waals surface area contributed by atoms with E-state index in [2.05, 4.69) is 24.5 Å². The molecule has 0 saturated heterocycles. The first kappa shape index (κ1) is 20.0. The van der Waals surface area contributed by atoms with Crippen molar-refractivity contribution in [2.24, 2.45) is 5.92 Å². The lowest BCUT2D eigenvalue weighted by Gasteiger charge is -2.23. The fourth-order valence-electron chi connectivity index (χ4n) is 2.54. The molecule has 1 aromatic carbocycles. The fraction of sp³-hybridized carbons (Fsp3) is 0.579. The molecule has 0 bridgehead atoms. The molecule has 24 heavy (non-hydrogen) atoms. The van der Waals surface area contributed by atoms with Crippen molar-refractivity contribution in [3.63, 3.8) is 0 Å². The number of carbonyl (C=O) groups excluding carboxylic acids is 2. The predicted molar refractivity (Wildman–Crippen MR) is 95.9 cm³/mol. The monoisotopic (exact) mass is 334 g/mol. The van der Waals surface area contributed by atoms with Crippen molar-refractivity contribution < 1.29 is 14.3 Å². The van der Waals surface area contributed by atoms with E-state index < -0.39 is 0 Å². The Bertz CT molecular complexity index is 512.